The van der Waals surface area contributed by atoms with Gasteiger partial charge < -0.3 is 15.0 Å². The lowest BCUT2D eigenvalue weighted by atomic mass is 10.1. The van der Waals surface area contributed by atoms with Crippen LogP contribution in [0, 0.1) is 10.1 Å². The highest BCUT2D eigenvalue weighted by atomic mass is 16.6. The number of carbonyl (C=O) groups excluding carboxylic acids is 1. The molecule has 142 valence electrons. The molecule has 1 atom stereocenters. The molecule has 7 nitrogen and oxygen atoms in total. The van der Waals surface area contributed by atoms with Crippen LogP contribution in [0.2, 0.25) is 0 Å². The van der Waals surface area contributed by atoms with Crippen molar-refractivity contribution in [1.29, 1.82) is 0 Å². The molecule has 0 unspecified atom stereocenters. The number of carbonyl (C=O) groups is 1. The summed E-state index contributed by atoms with van der Waals surface area (Å²) in [6.07, 6.45) is 2.93. The summed E-state index contributed by atoms with van der Waals surface area (Å²) in [5.41, 5.74) is 1.78. The van der Waals surface area contributed by atoms with Crippen molar-refractivity contribution in [2.45, 2.75) is 32.3 Å². The standard InChI is InChI=1S/C20H23N3O4/c1-15(27-19-7-5-6-18(14-19)23(25)26)20(24)21-16-8-10-17(11-9-16)22-12-3-2-4-13-22/h5-11,14-15H,2-4,12-13H2,1H3,(H,21,24)/t15-/m0/s1. The van der Waals surface area contributed by atoms with Crippen molar-refractivity contribution >= 4 is 23.0 Å². The van der Waals surface area contributed by atoms with Crippen LogP contribution >= 0.6 is 0 Å². The van der Waals surface area contributed by atoms with Crippen molar-refractivity contribution in [3.05, 3.63) is 58.6 Å². The maximum Gasteiger partial charge on any atom is 0.273 e. The van der Waals surface area contributed by atoms with E-state index < -0.39 is 11.0 Å². The second kappa shape index (κ2) is 8.53. The molecule has 0 spiro atoms. The molecule has 3 rings (SSSR count). The SMILES string of the molecule is C[C@H](Oc1cccc([N+](=O)[O-])c1)C(=O)Nc1ccc(N2CCCCC2)cc1. The van der Waals surface area contributed by atoms with Crippen molar-refractivity contribution in [1.82, 2.24) is 0 Å². The van der Waals surface area contributed by atoms with Gasteiger partial charge in [-0.3, -0.25) is 14.9 Å². The minimum absolute atomic E-state index is 0.0755. The largest absolute Gasteiger partial charge is 0.481 e. The highest BCUT2D eigenvalue weighted by Crippen LogP contribution is 2.23. The minimum atomic E-state index is -0.784. The van der Waals surface area contributed by atoms with Crippen LogP contribution in [0.1, 0.15) is 26.2 Å². The van der Waals surface area contributed by atoms with Crippen LogP contribution in [0.15, 0.2) is 48.5 Å². The average molecular weight is 369 g/mol. The van der Waals surface area contributed by atoms with E-state index in [0.29, 0.717) is 5.69 Å². The van der Waals surface area contributed by atoms with Crippen LogP contribution in [-0.4, -0.2) is 30.0 Å². The molecule has 0 radical (unpaired) electrons. The Morgan fingerprint density at radius 3 is 2.52 bits per heavy atom. The summed E-state index contributed by atoms with van der Waals surface area (Å²) in [6, 6.07) is 13.6. The molecule has 1 heterocycles. The van der Waals surface area contributed by atoms with Crippen LogP contribution in [0.25, 0.3) is 0 Å². The first-order valence-corrected chi connectivity index (χ1v) is 9.10. The lowest BCUT2D eigenvalue weighted by Crippen LogP contribution is -2.30. The molecule has 27 heavy (non-hydrogen) atoms. The summed E-state index contributed by atoms with van der Waals surface area (Å²) in [5.74, 6) is -0.0282. The highest BCUT2D eigenvalue weighted by molar-refractivity contribution is 5.94. The van der Waals surface area contributed by atoms with E-state index in [1.807, 2.05) is 24.3 Å². The normalized spacial score (nSPS) is 15.1. The summed E-state index contributed by atoms with van der Waals surface area (Å²) >= 11 is 0. The molecule has 0 aromatic heterocycles. The molecule has 0 aliphatic carbocycles. The van der Waals surface area contributed by atoms with Gasteiger partial charge in [0.25, 0.3) is 11.6 Å². The first kappa shape index (κ1) is 18.7. The molecule has 0 bridgehead atoms. The maximum absolute atomic E-state index is 12.3. The van der Waals surface area contributed by atoms with E-state index in [4.69, 9.17) is 4.74 Å². The van der Waals surface area contributed by atoms with Crippen molar-refractivity contribution in [3.63, 3.8) is 0 Å². The smallest absolute Gasteiger partial charge is 0.273 e. The monoisotopic (exact) mass is 369 g/mol. The molecule has 1 aliphatic heterocycles. The van der Waals surface area contributed by atoms with E-state index in [9.17, 15) is 14.9 Å². The Kier molecular flexibility index (Phi) is 5.90. The van der Waals surface area contributed by atoms with Crippen molar-refractivity contribution in [2.24, 2.45) is 0 Å². The van der Waals surface area contributed by atoms with Gasteiger partial charge in [0.1, 0.15) is 5.75 Å². The quantitative estimate of drug-likeness (QED) is 0.615. The Bertz CT molecular complexity index is 801. The van der Waals surface area contributed by atoms with Gasteiger partial charge in [-0.15, -0.1) is 0 Å². The molecular formula is C20H23N3O4. The number of rotatable bonds is 6. The van der Waals surface area contributed by atoms with Gasteiger partial charge in [0.15, 0.2) is 6.10 Å². The molecule has 7 heteroatoms. The Balaban J connectivity index is 1.57. The molecule has 1 saturated heterocycles. The summed E-state index contributed by atoms with van der Waals surface area (Å²) in [4.78, 5) is 25.0. The number of anilines is 2. The molecule has 1 fully saturated rings. The number of piperidine rings is 1. The van der Waals surface area contributed by atoms with Crippen molar-refractivity contribution in [3.8, 4) is 5.75 Å². The number of nitrogens with zero attached hydrogens (tertiary/aromatic N) is 2. The third-order valence-electron chi connectivity index (χ3n) is 4.57. The Labute approximate surface area is 158 Å². The lowest BCUT2D eigenvalue weighted by molar-refractivity contribution is -0.384. The van der Waals surface area contributed by atoms with Crippen LogP contribution in [-0.2, 0) is 4.79 Å². The zero-order chi connectivity index (χ0) is 19.2. The number of benzene rings is 2. The predicted molar refractivity (Wildman–Crippen MR) is 104 cm³/mol. The molecule has 1 N–H and O–H groups in total. The molecular weight excluding hydrogens is 346 g/mol. The van der Waals surface area contributed by atoms with Gasteiger partial charge in [-0.05, 0) is 56.5 Å². The van der Waals surface area contributed by atoms with Gasteiger partial charge in [0.05, 0.1) is 11.0 Å². The fourth-order valence-corrected chi connectivity index (χ4v) is 3.08. The maximum atomic E-state index is 12.3. The Morgan fingerprint density at radius 2 is 1.85 bits per heavy atom. The van der Waals surface area contributed by atoms with Crippen LogP contribution in [0.3, 0.4) is 0 Å². The molecule has 0 saturated carbocycles. The van der Waals surface area contributed by atoms with E-state index in [1.54, 1.807) is 13.0 Å². The van der Waals surface area contributed by atoms with Gasteiger partial charge in [-0.2, -0.15) is 0 Å². The second-order valence-electron chi connectivity index (χ2n) is 6.60. The number of non-ortho nitro benzene ring substituents is 1. The Morgan fingerprint density at radius 1 is 1.15 bits per heavy atom. The number of amides is 1. The minimum Gasteiger partial charge on any atom is -0.481 e. The zero-order valence-corrected chi connectivity index (χ0v) is 15.3. The molecule has 2 aromatic carbocycles. The first-order valence-electron chi connectivity index (χ1n) is 9.10. The number of nitrogens with one attached hydrogen (secondary N) is 1. The number of ether oxygens (including phenoxy) is 1. The average Bonchev–Trinajstić information content (AvgIpc) is 2.69. The molecule has 2 aromatic rings. The topological polar surface area (TPSA) is 84.7 Å². The van der Waals surface area contributed by atoms with Crippen LogP contribution < -0.4 is 15.0 Å². The van der Waals surface area contributed by atoms with Gasteiger partial charge in [0, 0.05) is 30.5 Å². The summed E-state index contributed by atoms with van der Waals surface area (Å²) in [7, 11) is 0. The molecule has 1 amide bonds. The first-order chi connectivity index (χ1) is 13.0. The third-order valence-corrected chi connectivity index (χ3v) is 4.57. The summed E-state index contributed by atoms with van der Waals surface area (Å²) in [5, 5.41) is 13.6. The molecule has 1 aliphatic rings. The van der Waals surface area contributed by atoms with Gasteiger partial charge >= 0.3 is 0 Å². The van der Waals surface area contributed by atoms with Gasteiger partial charge in [-0.25, -0.2) is 0 Å². The van der Waals surface area contributed by atoms with Crippen molar-refractivity contribution < 1.29 is 14.5 Å². The lowest BCUT2D eigenvalue weighted by Gasteiger charge is -2.28. The predicted octanol–water partition coefficient (Wildman–Crippen LogP) is 3.99. The van der Waals surface area contributed by atoms with E-state index in [0.717, 1.165) is 18.8 Å². The van der Waals surface area contributed by atoms with Crippen LogP contribution in [0.5, 0.6) is 5.75 Å². The zero-order valence-electron chi connectivity index (χ0n) is 15.3. The van der Waals surface area contributed by atoms with Gasteiger partial charge in [0.2, 0.25) is 0 Å². The fourth-order valence-electron chi connectivity index (χ4n) is 3.08. The Hall–Kier alpha value is -3.09. The number of hydrogen-bond acceptors (Lipinski definition) is 5. The van der Waals surface area contributed by atoms with Crippen LogP contribution in [0.4, 0.5) is 17.1 Å². The number of hydrogen-bond donors (Lipinski definition) is 1. The number of nitro benzene ring substituents is 1. The highest BCUT2D eigenvalue weighted by Gasteiger charge is 2.17. The second-order valence-corrected chi connectivity index (χ2v) is 6.60. The van der Waals surface area contributed by atoms with E-state index >= 15 is 0 Å². The fraction of sp³-hybridized carbons (Fsp3) is 0.350. The van der Waals surface area contributed by atoms with Gasteiger partial charge in [-0.1, -0.05) is 6.07 Å². The summed E-state index contributed by atoms with van der Waals surface area (Å²) in [6.45, 7) is 3.75. The number of nitro groups is 1. The third kappa shape index (κ3) is 4.97. The van der Waals surface area contributed by atoms with E-state index in [1.165, 1.54) is 37.5 Å². The summed E-state index contributed by atoms with van der Waals surface area (Å²) < 4.78 is 5.53. The van der Waals surface area contributed by atoms with E-state index in [-0.39, 0.29) is 17.3 Å². The van der Waals surface area contributed by atoms with Crippen molar-refractivity contribution in [2.75, 3.05) is 23.3 Å². The van der Waals surface area contributed by atoms with E-state index in [2.05, 4.69) is 10.2 Å².